The fourth-order valence-corrected chi connectivity index (χ4v) is 2.83. The highest BCUT2D eigenvalue weighted by atomic mass is 19.1. The molecule has 0 radical (unpaired) electrons. The molecule has 2 heterocycles. The maximum absolute atomic E-state index is 13.9. The normalized spacial score (nSPS) is 23.2. The Kier molecular flexibility index (Phi) is 3.02. The van der Waals surface area contributed by atoms with Gasteiger partial charge in [0, 0.05) is 11.6 Å². The minimum Gasteiger partial charge on any atom is -0.493 e. The van der Waals surface area contributed by atoms with Crippen molar-refractivity contribution in [3.63, 3.8) is 0 Å². The SMILES string of the molecule is Fc1ccc2c(c1CC1CCCN1)OCCC2. The molecule has 0 aliphatic carbocycles. The number of rotatable bonds is 2. The molecule has 0 aromatic heterocycles. The van der Waals surface area contributed by atoms with Crippen molar-refractivity contribution < 1.29 is 9.13 Å². The van der Waals surface area contributed by atoms with Crippen molar-refractivity contribution in [1.29, 1.82) is 0 Å². The maximum atomic E-state index is 13.9. The van der Waals surface area contributed by atoms with Gasteiger partial charge in [-0.3, -0.25) is 0 Å². The summed E-state index contributed by atoms with van der Waals surface area (Å²) < 4.78 is 19.6. The van der Waals surface area contributed by atoms with E-state index in [4.69, 9.17) is 4.74 Å². The number of nitrogens with one attached hydrogen (secondary N) is 1. The summed E-state index contributed by atoms with van der Waals surface area (Å²) in [6.07, 6.45) is 5.15. The van der Waals surface area contributed by atoms with Gasteiger partial charge in [-0.1, -0.05) is 6.07 Å². The summed E-state index contributed by atoms with van der Waals surface area (Å²) in [7, 11) is 0. The van der Waals surface area contributed by atoms with Gasteiger partial charge in [0.05, 0.1) is 6.61 Å². The van der Waals surface area contributed by atoms with Crippen molar-refractivity contribution in [3.05, 3.63) is 29.1 Å². The van der Waals surface area contributed by atoms with Crippen LogP contribution in [0.15, 0.2) is 12.1 Å². The lowest BCUT2D eigenvalue weighted by molar-refractivity contribution is 0.282. The zero-order valence-electron chi connectivity index (χ0n) is 9.97. The molecule has 0 spiro atoms. The van der Waals surface area contributed by atoms with Gasteiger partial charge in [-0.15, -0.1) is 0 Å². The second-order valence-electron chi connectivity index (χ2n) is 4.96. The molecule has 1 saturated heterocycles. The summed E-state index contributed by atoms with van der Waals surface area (Å²) in [5, 5.41) is 3.42. The van der Waals surface area contributed by atoms with Crippen molar-refractivity contribution in [3.8, 4) is 5.75 Å². The first-order valence-corrected chi connectivity index (χ1v) is 6.51. The second kappa shape index (κ2) is 4.65. The lowest BCUT2D eigenvalue weighted by Gasteiger charge is -2.22. The van der Waals surface area contributed by atoms with E-state index in [1.54, 1.807) is 6.07 Å². The number of benzene rings is 1. The summed E-state index contributed by atoms with van der Waals surface area (Å²) in [5.41, 5.74) is 1.95. The minimum absolute atomic E-state index is 0.112. The molecule has 0 bridgehead atoms. The van der Waals surface area contributed by atoms with E-state index in [-0.39, 0.29) is 5.82 Å². The average Bonchev–Trinajstić information content (AvgIpc) is 2.86. The molecule has 1 atom stereocenters. The molecule has 2 aliphatic heterocycles. The summed E-state index contributed by atoms with van der Waals surface area (Å²) in [5.74, 6) is 0.712. The van der Waals surface area contributed by atoms with Crippen molar-refractivity contribution in [2.45, 2.75) is 38.1 Å². The molecular weight excluding hydrogens is 217 g/mol. The van der Waals surface area contributed by atoms with Gasteiger partial charge in [-0.25, -0.2) is 4.39 Å². The van der Waals surface area contributed by atoms with Gasteiger partial charge in [-0.05, 0) is 50.3 Å². The predicted octanol–water partition coefficient (Wildman–Crippen LogP) is 2.45. The maximum Gasteiger partial charge on any atom is 0.130 e. The zero-order chi connectivity index (χ0) is 11.7. The Balaban J connectivity index is 1.90. The largest absolute Gasteiger partial charge is 0.493 e. The van der Waals surface area contributed by atoms with E-state index in [1.807, 2.05) is 6.07 Å². The van der Waals surface area contributed by atoms with Crippen molar-refractivity contribution >= 4 is 0 Å². The summed E-state index contributed by atoms with van der Waals surface area (Å²) in [6, 6.07) is 3.88. The lowest BCUT2D eigenvalue weighted by Crippen LogP contribution is -2.25. The Bertz CT molecular complexity index is 413. The average molecular weight is 235 g/mol. The number of aryl methyl sites for hydroxylation is 1. The van der Waals surface area contributed by atoms with E-state index < -0.39 is 0 Å². The molecule has 0 amide bonds. The minimum atomic E-state index is -0.112. The molecule has 3 heteroatoms. The Morgan fingerprint density at radius 1 is 1.35 bits per heavy atom. The molecule has 1 N–H and O–H groups in total. The van der Waals surface area contributed by atoms with Gasteiger partial charge in [0.1, 0.15) is 11.6 Å². The number of halogens is 1. The van der Waals surface area contributed by atoms with Crippen LogP contribution >= 0.6 is 0 Å². The van der Waals surface area contributed by atoms with Crippen LogP contribution in [0.1, 0.15) is 30.4 Å². The summed E-state index contributed by atoms with van der Waals surface area (Å²) >= 11 is 0. The van der Waals surface area contributed by atoms with Crippen LogP contribution in [-0.2, 0) is 12.8 Å². The Hall–Kier alpha value is -1.09. The Morgan fingerprint density at radius 3 is 3.12 bits per heavy atom. The monoisotopic (exact) mass is 235 g/mol. The molecule has 17 heavy (non-hydrogen) atoms. The first-order chi connectivity index (χ1) is 8.34. The molecule has 3 rings (SSSR count). The van der Waals surface area contributed by atoms with Crippen LogP contribution < -0.4 is 10.1 Å². The van der Waals surface area contributed by atoms with E-state index in [0.29, 0.717) is 6.04 Å². The molecule has 0 saturated carbocycles. The molecule has 2 aliphatic rings. The lowest BCUT2D eigenvalue weighted by atomic mass is 9.97. The highest BCUT2D eigenvalue weighted by Gasteiger charge is 2.22. The van der Waals surface area contributed by atoms with Crippen LogP contribution in [0, 0.1) is 5.82 Å². The molecule has 92 valence electrons. The highest BCUT2D eigenvalue weighted by molar-refractivity contribution is 5.44. The van der Waals surface area contributed by atoms with Gasteiger partial charge in [0.15, 0.2) is 0 Å². The molecule has 1 unspecified atom stereocenters. The quantitative estimate of drug-likeness (QED) is 0.850. The van der Waals surface area contributed by atoms with Crippen molar-refractivity contribution in [2.24, 2.45) is 0 Å². The first-order valence-electron chi connectivity index (χ1n) is 6.51. The van der Waals surface area contributed by atoms with Gasteiger partial charge in [0.2, 0.25) is 0 Å². The third kappa shape index (κ3) is 2.16. The van der Waals surface area contributed by atoms with Crippen LogP contribution in [0.2, 0.25) is 0 Å². The summed E-state index contributed by atoms with van der Waals surface area (Å²) in [4.78, 5) is 0. The van der Waals surface area contributed by atoms with Gasteiger partial charge >= 0.3 is 0 Å². The smallest absolute Gasteiger partial charge is 0.130 e. The topological polar surface area (TPSA) is 21.3 Å². The van der Waals surface area contributed by atoms with Crippen LogP contribution in [-0.4, -0.2) is 19.2 Å². The van der Waals surface area contributed by atoms with Crippen molar-refractivity contribution in [1.82, 2.24) is 5.32 Å². The molecule has 1 aromatic rings. The van der Waals surface area contributed by atoms with Crippen LogP contribution in [0.4, 0.5) is 4.39 Å². The predicted molar refractivity (Wildman–Crippen MR) is 64.9 cm³/mol. The number of hydrogen-bond acceptors (Lipinski definition) is 2. The van der Waals surface area contributed by atoms with Crippen LogP contribution in [0.5, 0.6) is 5.75 Å². The number of hydrogen-bond donors (Lipinski definition) is 1. The van der Waals surface area contributed by atoms with E-state index in [2.05, 4.69) is 5.32 Å². The Morgan fingerprint density at radius 2 is 2.29 bits per heavy atom. The van der Waals surface area contributed by atoms with E-state index in [0.717, 1.165) is 50.1 Å². The third-order valence-corrected chi connectivity index (χ3v) is 3.73. The van der Waals surface area contributed by atoms with Gasteiger partial charge in [0.25, 0.3) is 0 Å². The van der Waals surface area contributed by atoms with Crippen LogP contribution in [0.3, 0.4) is 0 Å². The standard InChI is InChI=1S/C14H18FNO/c15-13-6-5-10-3-2-8-17-14(10)12(13)9-11-4-1-7-16-11/h5-6,11,16H,1-4,7-9H2. The van der Waals surface area contributed by atoms with E-state index >= 15 is 0 Å². The van der Waals surface area contributed by atoms with E-state index in [9.17, 15) is 4.39 Å². The number of fused-ring (bicyclic) bond motifs is 1. The zero-order valence-corrected chi connectivity index (χ0v) is 9.97. The first kappa shape index (κ1) is 11.0. The number of ether oxygens (including phenoxy) is 1. The second-order valence-corrected chi connectivity index (χ2v) is 4.96. The van der Waals surface area contributed by atoms with Crippen molar-refractivity contribution in [2.75, 3.05) is 13.2 Å². The molecule has 1 fully saturated rings. The highest BCUT2D eigenvalue weighted by Crippen LogP contribution is 2.32. The third-order valence-electron chi connectivity index (χ3n) is 3.73. The van der Waals surface area contributed by atoms with E-state index in [1.165, 1.54) is 12.0 Å². The van der Waals surface area contributed by atoms with Gasteiger partial charge in [-0.2, -0.15) is 0 Å². The molecular formula is C14H18FNO. The van der Waals surface area contributed by atoms with Crippen LogP contribution in [0.25, 0.3) is 0 Å². The summed E-state index contributed by atoms with van der Waals surface area (Å²) in [6.45, 7) is 1.78. The fourth-order valence-electron chi connectivity index (χ4n) is 2.83. The molecule has 2 nitrogen and oxygen atoms in total. The Labute approximate surface area is 101 Å². The van der Waals surface area contributed by atoms with Gasteiger partial charge < -0.3 is 10.1 Å². The molecule has 1 aromatic carbocycles. The fraction of sp³-hybridized carbons (Fsp3) is 0.571.